The molecule has 162 valence electrons. The lowest BCUT2D eigenvalue weighted by Gasteiger charge is -2.29. The van der Waals surface area contributed by atoms with Crippen LogP contribution in [0.4, 0.5) is 22.1 Å². The number of aryl methyl sites for hydroxylation is 1. The first-order chi connectivity index (χ1) is 15.0. The van der Waals surface area contributed by atoms with Gasteiger partial charge in [-0.2, -0.15) is 5.26 Å². The van der Waals surface area contributed by atoms with Crippen LogP contribution in [0.5, 0.6) is 0 Å². The third kappa shape index (κ3) is 4.96. The molecule has 1 aliphatic rings. The van der Waals surface area contributed by atoms with Crippen molar-refractivity contribution >= 4 is 29.6 Å². The fraction of sp³-hybridized carbons (Fsp3) is 0.381. The minimum absolute atomic E-state index is 0.0653. The van der Waals surface area contributed by atoms with Crippen LogP contribution in [0, 0.1) is 11.3 Å². The number of hydrogen-bond acceptors (Lipinski definition) is 8. The second-order valence-electron chi connectivity index (χ2n) is 7.13. The molecule has 2 aromatic heterocycles. The molecule has 3 rings (SSSR count). The van der Waals surface area contributed by atoms with Gasteiger partial charge < -0.3 is 15.2 Å². The zero-order valence-electron chi connectivity index (χ0n) is 17.4. The quantitative estimate of drug-likeness (QED) is 0.574. The summed E-state index contributed by atoms with van der Waals surface area (Å²) >= 11 is 0. The van der Waals surface area contributed by atoms with E-state index < -0.39 is 6.03 Å². The van der Waals surface area contributed by atoms with E-state index in [4.69, 9.17) is 4.74 Å². The van der Waals surface area contributed by atoms with Gasteiger partial charge in [-0.25, -0.2) is 14.8 Å². The van der Waals surface area contributed by atoms with Crippen molar-refractivity contribution in [2.75, 3.05) is 35.7 Å². The minimum Gasteiger partial charge on any atom is -0.392 e. The van der Waals surface area contributed by atoms with E-state index in [0.717, 1.165) is 12.0 Å². The Morgan fingerprint density at radius 3 is 2.97 bits per heavy atom. The number of carbonyl (C=O) groups is 2. The van der Waals surface area contributed by atoms with Crippen molar-refractivity contribution in [3.63, 3.8) is 0 Å². The van der Waals surface area contributed by atoms with Crippen molar-refractivity contribution < 1.29 is 19.4 Å². The van der Waals surface area contributed by atoms with Gasteiger partial charge in [-0.05, 0) is 31.4 Å². The number of methoxy groups -OCH3 is 1. The Hall–Kier alpha value is -3.55. The number of nitriles is 1. The van der Waals surface area contributed by atoms with Gasteiger partial charge >= 0.3 is 6.03 Å². The fourth-order valence-electron chi connectivity index (χ4n) is 3.26. The number of aldehydes is 1. The van der Waals surface area contributed by atoms with Crippen molar-refractivity contribution in [1.29, 1.82) is 5.26 Å². The molecule has 0 saturated carbocycles. The second kappa shape index (κ2) is 9.97. The van der Waals surface area contributed by atoms with Crippen LogP contribution < -0.4 is 15.5 Å². The highest BCUT2D eigenvalue weighted by molar-refractivity contribution is 6.01. The molecule has 0 aromatic carbocycles. The van der Waals surface area contributed by atoms with Gasteiger partial charge in [-0.15, -0.1) is 0 Å². The highest BCUT2D eigenvalue weighted by Gasteiger charge is 2.26. The van der Waals surface area contributed by atoms with Crippen LogP contribution in [0.1, 0.15) is 40.5 Å². The molecule has 31 heavy (non-hydrogen) atoms. The summed E-state index contributed by atoms with van der Waals surface area (Å²) in [5.41, 5.74) is 2.21. The van der Waals surface area contributed by atoms with Gasteiger partial charge in [-0.1, -0.05) is 0 Å². The number of pyridine rings is 2. The van der Waals surface area contributed by atoms with Crippen LogP contribution in [0.3, 0.4) is 0 Å². The van der Waals surface area contributed by atoms with E-state index in [1.54, 1.807) is 19.2 Å². The van der Waals surface area contributed by atoms with Gasteiger partial charge in [0.2, 0.25) is 0 Å². The van der Waals surface area contributed by atoms with E-state index in [-0.39, 0.29) is 24.2 Å². The topological polar surface area (TPSA) is 140 Å². The molecule has 0 spiro atoms. The molecule has 3 heterocycles. The van der Waals surface area contributed by atoms with Crippen LogP contribution in [0.25, 0.3) is 0 Å². The molecule has 0 radical (unpaired) electrons. The third-order valence-electron chi connectivity index (χ3n) is 5.04. The number of aliphatic hydroxyl groups excluding tert-OH is 1. The van der Waals surface area contributed by atoms with Crippen molar-refractivity contribution in [2.24, 2.45) is 0 Å². The van der Waals surface area contributed by atoms with E-state index in [1.807, 2.05) is 6.92 Å². The second-order valence-corrected chi connectivity index (χ2v) is 7.13. The summed E-state index contributed by atoms with van der Waals surface area (Å²) in [5, 5.41) is 24.6. The number of carbonyl (C=O) groups excluding carboxylic acids is 2. The average molecular weight is 424 g/mol. The number of aromatic nitrogens is 2. The molecular formula is C21H24N6O4. The van der Waals surface area contributed by atoms with E-state index >= 15 is 0 Å². The Bertz CT molecular complexity index is 1020. The van der Waals surface area contributed by atoms with Gasteiger partial charge in [0.1, 0.15) is 23.4 Å². The number of aliphatic hydroxyl groups is 1. The highest BCUT2D eigenvalue weighted by Crippen LogP contribution is 2.28. The summed E-state index contributed by atoms with van der Waals surface area (Å²) < 4.78 is 5.20. The number of urea groups is 1. The fourth-order valence-corrected chi connectivity index (χ4v) is 3.26. The number of fused-ring (bicyclic) bond motifs is 1. The number of ether oxygens (including phenoxy) is 1. The standard InChI is InChI=1S/C21H24N6O4/c1-13(31-2)9-23-17-7-19(24-10-16(17)8-22)26-21(30)27-5-3-4-14-6-15(11-28)18(12-29)25-20(14)27/h6-7,10,12-13,28H,3-5,9,11H2,1-2H3,(H2,23,24,26,30). The Kier molecular flexibility index (Phi) is 7.12. The number of nitrogens with one attached hydrogen (secondary N) is 2. The average Bonchev–Trinajstić information content (AvgIpc) is 2.80. The molecule has 10 nitrogen and oxygen atoms in total. The van der Waals surface area contributed by atoms with Gasteiger partial charge in [0.25, 0.3) is 0 Å². The maximum Gasteiger partial charge on any atom is 0.328 e. The SMILES string of the molecule is COC(C)CNc1cc(NC(=O)N2CCCc3cc(CO)c(C=O)nc32)ncc1C#N. The van der Waals surface area contributed by atoms with E-state index in [0.29, 0.717) is 48.4 Å². The Labute approximate surface area is 179 Å². The lowest BCUT2D eigenvalue weighted by atomic mass is 10.0. The molecule has 0 aliphatic carbocycles. The summed E-state index contributed by atoms with van der Waals surface area (Å²) in [6.07, 6.45) is 3.30. The van der Waals surface area contributed by atoms with Crippen molar-refractivity contribution in [2.45, 2.75) is 32.5 Å². The normalized spacial score (nSPS) is 13.7. The van der Waals surface area contributed by atoms with Crippen molar-refractivity contribution in [3.8, 4) is 6.07 Å². The monoisotopic (exact) mass is 424 g/mol. The van der Waals surface area contributed by atoms with E-state index in [2.05, 4.69) is 26.7 Å². The summed E-state index contributed by atoms with van der Waals surface area (Å²) in [5.74, 6) is 0.662. The Balaban J connectivity index is 1.83. The number of rotatable bonds is 7. The van der Waals surface area contributed by atoms with Crippen LogP contribution in [0.15, 0.2) is 18.3 Å². The maximum atomic E-state index is 13.0. The molecule has 0 saturated heterocycles. The van der Waals surface area contributed by atoms with Crippen LogP contribution >= 0.6 is 0 Å². The lowest BCUT2D eigenvalue weighted by molar-refractivity contribution is 0.111. The van der Waals surface area contributed by atoms with Gasteiger partial charge in [0, 0.05) is 38.0 Å². The third-order valence-corrected chi connectivity index (χ3v) is 5.04. The Morgan fingerprint density at radius 2 is 2.29 bits per heavy atom. The summed E-state index contributed by atoms with van der Waals surface area (Å²) in [4.78, 5) is 34.2. The van der Waals surface area contributed by atoms with Gasteiger partial charge in [-0.3, -0.25) is 15.0 Å². The zero-order valence-corrected chi connectivity index (χ0v) is 17.4. The number of hydrogen-bond donors (Lipinski definition) is 3. The zero-order chi connectivity index (χ0) is 22.4. The van der Waals surface area contributed by atoms with Crippen LogP contribution in [-0.2, 0) is 17.8 Å². The molecular weight excluding hydrogens is 400 g/mol. The Morgan fingerprint density at radius 1 is 1.48 bits per heavy atom. The molecule has 3 N–H and O–H groups in total. The summed E-state index contributed by atoms with van der Waals surface area (Å²) in [6, 6.07) is 4.92. The predicted molar refractivity (Wildman–Crippen MR) is 114 cm³/mol. The first-order valence-electron chi connectivity index (χ1n) is 9.84. The molecule has 0 bridgehead atoms. The predicted octanol–water partition coefficient (Wildman–Crippen LogP) is 2.08. The van der Waals surface area contributed by atoms with Gasteiger partial charge in [0.15, 0.2) is 6.29 Å². The first kappa shape index (κ1) is 22.1. The van der Waals surface area contributed by atoms with Gasteiger partial charge in [0.05, 0.1) is 24.0 Å². The highest BCUT2D eigenvalue weighted by atomic mass is 16.5. The van der Waals surface area contributed by atoms with Crippen LogP contribution in [0.2, 0.25) is 0 Å². The lowest BCUT2D eigenvalue weighted by Crippen LogP contribution is -2.40. The molecule has 2 aromatic rings. The molecule has 1 aliphatic heterocycles. The summed E-state index contributed by atoms with van der Waals surface area (Å²) in [7, 11) is 1.60. The van der Waals surface area contributed by atoms with E-state index in [9.17, 15) is 20.0 Å². The molecule has 2 amide bonds. The largest absolute Gasteiger partial charge is 0.392 e. The minimum atomic E-state index is -0.449. The molecule has 10 heteroatoms. The maximum absolute atomic E-state index is 13.0. The smallest absolute Gasteiger partial charge is 0.328 e. The molecule has 0 fully saturated rings. The number of nitrogens with zero attached hydrogens (tertiary/aromatic N) is 4. The van der Waals surface area contributed by atoms with Crippen LogP contribution in [-0.4, -0.2) is 53.7 Å². The van der Waals surface area contributed by atoms with E-state index in [1.165, 1.54) is 11.1 Å². The van der Waals surface area contributed by atoms with Crippen molar-refractivity contribution in [3.05, 3.63) is 40.7 Å². The number of amides is 2. The summed E-state index contributed by atoms with van der Waals surface area (Å²) in [6.45, 7) is 2.50. The first-order valence-corrected chi connectivity index (χ1v) is 9.84. The van der Waals surface area contributed by atoms with Crippen molar-refractivity contribution in [1.82, 2.24) is 9.97 Å². The number of anilines is 3. The molecule has 1 atom stereocenters. The molecule has 1 unspecified atom stereocenters.